The van der Waals surface area contributed by atoms with Crippen molar-refractivity contribution < 1.29 is 18.0 Å². The smallest absolute Gasteiger partial charge is 0.254 e. The zero-order chi connectivity index (χ0) is 15.9. The number of aryl methyl sites for hydroxylation is 1. The van der Waals surface area contributed by atoms with Crippen molar-refractivity contribution in [2.45, 2.75) is 18.9 Å². The number of carbonyl (C=O) groups excluding carboxylic acids is 1. The molecule has 0 aliphatic carbocycles. The summed E-state index contributed by atoms with van der Waals surface area (Å²) in [6.45, 7) is 0.485. The topological polar surface area (TPSA) is 38.1 Å². The Morgan fingerprint density at radius 2 is 1.95 bits per heavy atom. The summed E-state index contributed by atoms with van der Waals surface area (Å²) >= 11 is 0. The van der Waals surface area contributed by atoms with Gasteiger partial charge in [-0.05, 0) is 25.0 Å². The van der Waals surface area contributed by atoms with Crippen LogP contribution in [-0.4, -0.2) is 27.1 Å². The second-order valence-electron chi connectivity index (χ2n) is 5.36. The summed E-state index contributed by atoms with van der Waals surface area (Å²) in [5.41, 5.74) is 0.684. The average molecular weight is 309 g/mol. The van der Waals surface area contributed by atoms with Gasteiger partial charge >= 0.3 is 0 Å². The minimum Gasteiger partial charge on any atom is -0.331 e. The van der Waals surface area contributed by atoms with Crippen molar-refractivity contribution in [2.24, 2.45) is 7.05 Å². The van der Waals surface area contributed by atoms with Crippen LogP contribution in [0.5, 0.6) is 0 Å². The van der Waals surface area contributed by atoms with E-state index in [-0.39, 0.29) is 11.6 Å². The molecule has 1 aromatic heterocycles. The maximum atomic E-state index is 13.3. The van der Waals surface area contributed by atoms with Crippen LogP contribution >= 0.6 is 0 Å². The molecule has 1 fully saturated rings. The van der Waals surface area contributed by atoms with E-state index in [0.717, 1.165) is 30.5 Å². The summed E-state index contributed by atoms with van der Waals surface area (Å²) < 4.78 is 41.3. The predicted octanol–water partition coefficient (Wildman–Crippen LogP) is 2.81. The molecule has 0 saturated carbocycles. The summed E-state index contributed by atoms with van der Waals surface area (Å²) in [6.07, 6.45) is 5.02. The van der Waals surface area contributed by atoms with Crippen LogP contribution in [0.1, 0.15) is 34.8 Å². The van der Waals surface area contributed by atoms with E-state index in [2.05, 4.69) is 5.10 Å². The van der Waals surface area contributed by atoms with Crippen molar-refractivity contribution in [2.75, 3.05) is 6.54 Å². The van der Waals surface area contributed by atoms with Crippen molar-refractivity contribution in [3.05, 3.63) is 53.1 Å². The van der Waals surface area contributed by atoms with E-state index >= 15 is 0 Å². The number of benzene rings is 1. The second kappa shape index (κ2) is 5.47. The number of halogens is 3. The highest BCUT2D eigenvalue weighted by atomic mass is 19.2. The van der Waals surface area contributed by atoms with E-state index in [1.807, 2.05) is 6.20 Å². The van der Waals surface area contributed by atoms with Crippen LogP contribution in [0, 0.1) is 17.5 Å². The molecule has 2 aromatic rings. The van der Waals surface area contributed by atoms with Gasteiger partial charge in [-0.1, -0.05) is 0 Å². The molecule has 1 aliphatic rings. The number of nitrogens with zero attached hydrogens (tertiary/aromatic N) is 3. The van der Waals surface area contributed by atoms with E-state index in [0.29, 0.717) is 6.54 Å². The number of likely N-dealkylation sites (tertiary alicyclic amines) is 1. The first kappa shape index (κ1) is 14.6. The summed E-state index contributed by atoms with van der Waals surface area (Å²) in [5.74, 6) is -4.80. The van der Waals surface area contributed by atoms with Crippen molar-refractivity contribution in [3.8, 4) is 0 Å². The molecule has 0 bridgehead atoms. The zero-order valence-corrected chi connectivity index (χ0v) is 11.9. The van der Waals surface area contributed by atoms with Gasteiger partial charge in [-0.15, -0.1) is 0 Å². The Bertz CT molecular complexity index is 706. The molecular formula is C15H14F3N3O. The molecule has 3 rings (SSSR count). The highest BCUT2D eigenvalue weighted by Crippen LogP contribution is 2.33. The van der Waals surface area contributed by atoms with Gasteiger partial charge in [0.2, 0.25) is 0 Å². The molecule has 1 aliphatic heterocycles. The third kappa shape index (κ3) is 2.47. The van der Waals surface area contributed by atoms with Gasteiger partial charge in [0.25, 0.3) is 5.91 Å². The van der Waals surface area contributed by atoms with Crippen LogP contribution in [0.3, 0.4) is 0 Å². The number of hydrogen-bond donors (Lipinski definition) is 0. The standard InChI is InChI=1S/C15H14F3N3O/c1-20-8-10(7-19-20)13-3-2-4-21(13)15(22)9-5-11(16)14(18)12(17)6-9/h5-8,13H,2-4H2,1H3/t13-/m0/s1. The van der Waals surface area contributed by atoms with Crippen LogP contribution in [-0.2, 0) is 7.05 Å². The maximum Gasteiger partial charge on any atom is 0.254 e. The first-order valence-corrected chi connectivity index (χ1v) is 6.91. The quantitative estimate of drug-likeness (QED) is 0.800. The minimum atomic E-state index is -1.57. The summed E-state index contributed by atoms with van der Waals surface area (Å²) in [6, 6.07) is 1.29. The van der Waals surface area contributed by atoms with Gasteiger partial charge in [0.15, 0.2) is 17.5 Å². The van der Waals surface area contributed by atoms with E-state index in [9.17, 15) is 18.0 Å². The molecule has 7 heteroatoms. The lowest BCUT2D eigenvalue weighted by Gasteiger charge is -2.24. The molecule has 116 valence electrons. The number of aromatic nitrogens is 2. The largest absolute Gasteiger partial charge is 0.331 e. The molecule has 0 N–H and O–H groups in total. The highest BCUT2D eigenvalue weighted by Gasteiger charge is 2.32. The fourth-order valence-corrected chi connectivity index (χ4v) is 2.81. The summed E-state index contributed by atoms with van der Waals surface area (Å²) in [4.78, 5) is 14.0. The van der Waals surface area contributed by atoms with E-state index in [1.54, 1.807) is 22.8 Å². The van der Waals surface area contributed by atoms with Crippen molar-refractivity contribution in [3.63, 3.8) is 0 Å². The Balaban J connectivity index is 1.91. The lowest BCUT2D eigenvalue weighted by Crippen LogP contribution is -2.30. The zero-order valence-electron chi connectivity index (χ0n) is 11.9. The fourth-order valence-electron chi connectivity index (χ4n) is 2.81. The Hall–Kier alpha value is -2.31. The van der Waals surface area contributed by atoms with Crippen molar-refractivity contribution in [1.29, 1.82) is 0 Å². The Labute approximate surface area is 125 Å². The third-order valence-corrected chi connectivity index (χ3v) is 3.85. The minimum absolute atomic E-state index is 0.183. The summed E-state index contributed by atoms with van der Waals surface area (Å²) in [7, 11) is 1.77. The van der Waals surface area contributed by atoms with Gasteiger partial charge in [0.1, 0.15) is 0 Å². The SMILES string of the molecule is Cn1cc([C@@H]2CCCN2C(=O)c2cc(F)c(F)c(F)c2)cn1. The predicted molar refractivity (Wildman–Crippen MR) is 72.5 cm³/mol. The van der Waals surface area contributed by atoms with Gasteiger partial charge in [-0.2, -0.15) is 5.10 Å². The fraction of sp³-hybridized carbons (Fsp3) is 0.333. The maximum absolute atomic E-state index is 13.3. The number of hydrogen-bond acceptors (Lipinski definition) is 2. The number of rotatable bonds is 2. The molecule has 1 aromatic carbocycles. The lowest BCUT2D eigenvalue weighted by atomic mass is 10.1. The normalized spacial score (nSPS) is 18.0. The van der Waals surface area contributed by atoms with E-state index in [4.69, 9.17) is 0 Å². The van der Waals surface area contributed by atoms with Crippen LogP contribution in [0.4, 0.5) is 13.2 Å². The number of amides is 1. The van der Waals surface area contributed by atoms with Gasteiger partial charge < -0.3 is 4.90 Å². The van der Waals surface area contributed by atoms with Gasteiger partial charge in [-0.3, -0.25) is 9.48 Å². The van der Waals surface area contributed by atoms with Gasteiger partial charge in [-0.25, -0.2) is 13.2 Å². The van der Waals surface area contributed by atoms with Crippen LogP contribution in [0.15, 0.2) is 24.5 Å². The van der Waals surface area contributed by atoms with E-state index < -0.39 is 23.4 Å². The van der Waals surface area contributed by atoms with Gasteiger partial charge in [0.05, 0.1) is 12.2 Å². The van der Waals surface area contributed by atoms with Crippen molar-refractivity contribution >= 4 is 5.91 Å². The number of carbonyl (C=O) groups is 1. The first-order valence-electron chi connectivity index (χ1n) is 6.91. The molecule has 1 atom stereocenters. The molecule has 0 spiro atoms. The molecular weight excluding hydrogens is 295 g/mol. The molecule has 1 amide bonds. The highest BCUT2D eigenvalue weighted by molar-refractivity contribution is 5.94. The Kier molecular flexibility index (Phi) is 3.64. The van der Waals surface area contributed by atoms with Gasteiger partial charge in [0, 0.05) is 30.9 Å². The molecule has 0 unspecified atom stereocenters. The molecule has 1 saturated heterocycles. The third-order valence-electron chi connectivity index (χ3n) is 3.85. The van der Waals surface area contributed by atoms with Crippen LogP contribution in [0.2, 0.25) is 0 Å². The average Bonchev–Trinajstić information content (AvgIpc) is 3.11. The van der Waals surface area contributed by atoms with Crippen molar-refractivity contribution in [1.82, 2.24) is 14.7 Å². The van der Waals surface area contributed by atoms with Crippen LogP contribution < -0.4 is 0 Å². The molecule has 22 heavy (non-hydrogen) atoms. The Morgan fingerprint density at radius 3 is 2.55 bits per heavy atom. The summed E-state index contributed by atoms with van der Waals surface area (Å²) in [5, 5.41) is 4.08. The Morgan fingerprint density at radius 1 is 1.27 bits per heavy atom. The first-order chi connectivity index (χ1) is 10.5. The molecule has 0 radical (unpaired) electrons. The molecule has 2 heterocycles. The molecule has 4 nitrogen and oxygen atoms in total. The monoisotopic (exact) mass is 309 g/mol. The lowest BCUT2D eigenvalue weighted by molar-refractivity contribution is 0.0734. The van der Waals surface area contributed by atoms with Crippen LogP contribution in [0.25, 0.3) is 0 Å². The van der Waals surface area contributed by atoms with E-state index in [1.165, 1.54) is 0 Å². The second-order valence-corrected chi connectivity index (χ2v) is 5.36.